The van der Waals surface area contributed by atoms with Gasteiger partial charge in [0.1, 0.15) is 23.6 Å². The molecule has 0 saturated carbocycles. The molecule has 0 unspecified atom stereocenters. The fourth-order valence-corrected chi connectivity index (χ4v) is 4.20. The lowest BCUT2D eigenvalue weighted by Crippen LogP contribution is -2.35. The van der Waals surface area contributed by atoms with Crippen LogP contribution in [0.25, 0.3) is 15.7 Å². The smallest absolute Gasteiger partial charge is 0.291 e. The maximum Gasteiger partial charge on any atom is 0.291 e. The molecule has 3 heterocycles. The third-order valence-electron chi connectivity index (χ3n) is 4.73. The zero-order valence-corrected chi connectivity index (χ0v) is 17.2. The maximum absolute atomic E-state index is 12.8. The first-order valence-corrected chi connectivity index (χ1v) is 10.4. The Hall–Kier alpha value is -3.13. The largest absolute Gasteiger partial charge is 0.494 e. The van der Waals surface area contributed by atoms with Crippen LogP contribution in [0.2, 0.25) is 0 Å². The number of carbonyl (C=O) groups is 1. The molecule has 8 heteroatoms. The molecule has 1 amide bonds. The number of nitrogens with one attached hydrogen (secondary N) is 1. The van der Waals surface area contributed by atoms with Crippen molar-refractivity contribution in [2.24, 2.45) is 0 Å². The second-order valence-electron chi connectivity index (χ2n) is 6.72. The summed E-state index contributed by atoms with van der Waals surface area (Å²) in [5.41, 5.74) is 2.36. The van der Waals surface area contributed by atoms with Crippen LogP contribution in [0, 0.1) is 6.92 Å². The van der Waals surface area contributed by atoms with Gasteiger partial charge in [-0.25, -0.2) is 4.68 Å². The van der Waals surface area contributed by atoms with Crippen LogP contribution in [-0.2, 0) is 17.8 Å². The van der Waals surface area contributed by atoms with Crippen molar-refractivity contribution in [3.05, 3.63) is 63.5 Å². The standard InChI is InChI=1S/C21H22N4O3S/c1-3-28-16-6-4-15(5-7-16)8-10-22-20(26)13-24-21(27)18-12-19-17(9-11-29-19)25(18)14(2)23-24/h4-7,9,11-12H,3,8,10,13H2,1-2H3,(H,22,26). The highest BCUT2D eigenvalue weighted by Crippen LogP contribution is 2.24. The first-order valence-electron chi connectivity index (χ1n) is 9.51. The summed E-state index contributed by atoms with van der Waals surface area (Å²) >= 11 is 1.58. The number of thiophene rings is 1. The molecule has 29 heavy (non-hydrogen) atoms. The van der Waals surface area contributed by atoms with E-state index in [0.717, 1.165) is 21.5 Å². The molecule has 0 radical (unpaired) electrons. The molecule has 0 spiro atoms. The summed E-state index contributed by atoms with van der Waals surface area (Å²) in [6.07, 6.45) is 0.702. The lowest BCUT2D eigenvalue weighted by molar-refractivity contribution is -0.121. The van der Waals surface area contributed by atoms with E-state index in [1.807, 2.05) is 60.0 Å². The molecule has 0 bridgehead atoms. The number of benzene rings is 1. The number of rotatable bonds is 7. The van der Waals surface area contributed by atoms with E-state index in [-0.39, 0.29) is 18.0 Å². The Bertz CT molecular complexity index is 1220. The number of aromatic nitrogens is 3. The van der Waals surface area contributed by atoms with Crippen molar-refractivity contribution in [1.29, 1.82) is 0 Å². The fourth-order valence-electron chi connectivity index (χ4n) is 3.39. The molecular weight excluding hydrogens is 388 g/mol. The van der Waals surface area contributed by atoms with E-state index < -0.39 is 0 Å². The number of amides is 1. The minimum atomic E-state index is -0.263. The number of hydrogen-bond acceptors (Lipinski definition) is 5. The molecule has 3 aromatic heterocycles. The summed E-state index contributed by atoms with van der Waals surface area (Å²) in [6.45, 7) is 4.81. The highest BCUT2D eigenvalue weighted by Gasteiger charge is 2.14. The van der Waals surface area contributed by atoms with Crippen LogP contribution < -0.4 is 15.6 Å². The molecule has 4 aromatic rings. The van der Waals surface area contributed by atoms with Gasteiger partial charge in [0.05, 0.1) is 16.8 Å². The Morgan fingerprint density at radius 2 is 2.00 bits per heavy atom. The Morgan fingerprint density at radius 3 is 2.76 bits per heavy atom. The third-order valence-corrected chi connectivity index (χ3v) is 5.58. The van der Waals surface area contributed by atoms with E-state index in [1.54, 1.807) is 11.3 Å². The number of aryl methyl sites for hydroxylation is 1. The van der Waals surface area contributed by atoms with Crippen molar-refractivity contribution in [2.75, 3.05) is 13.2 Å². The summed E-state index contributed by atoms with van der Waals surface area (Å²) in [5.74, 6) is 1.28. The topological polar surface area (TPSA) is 77.6 Å². The number of ether oxygens (including phenoxy) is 1. The molecule has 0 aliphatic carbocycles. The highest BCUT2D eigenvalue weighted by atomic mass is 32.1. The van der Waals surface area contributed by atoms with Crippen molar-refractivity contribution in [3.63, 3.8) is 0 Å². The van der Waals surface area contributed by atoms with Crippen molar-refractivity contribution < 1.29 is 9.53 Å². The summed E-state index contributed by atoms with van der Waals surface area (Å²) in [7, 11) is 0. The van der Waals surface area contributed by atoms with Gasteiger partial charge in [-0.15, -0.1) is 11.3 Å². The first-order chi connectivity index (χ1) is 14.1. The molecule has 150 valence electrons. The van der Waals surface area contributed by atoms with Gasteiger partial charge in [-0.05, 0) is 55.5 Å². The van der Waals surface area contributed by atoms with E-state index in [9.17, 15) is 9.59 Å². The molecule has 1 aromatic carbocycles. The Kier molecular flexibility index (Phi) is 5.35. The van der Waals surface area contributed by atoms with Crippen molar-refractivity contribution >= 4 is 33.0 Å². The van der Waals surface area contributed by atoms with E-state index in [4.69, 9.17) is 4.74 Å². The number of fused-ring (bicyclic) bond motifs is 3. The van der Waals surface area contributed by atoms with Crippen LogP contribution in [0.1, 0.15) is 18.3 Å². The van der Waals surface area contributed by atoms with Crippen LogP contribution in [-0.4, -0.2) is 33.2 Å². The predicted molar refractivity (Wildman–Crippen MR) is 114 cm³/mol. The number of carbonyl (C=O) groups excluding carboxylic acids is 1. The maximum atomic E-state index is 12.8. The van der Waals surface area contributed by atoms with E-state index in [2.05, 4.69) is 10.4 Å². The molecule has 0 aliphatic heterocycles. The molecule has 7 nitrogen and oxygen atoms in total. The van der Waals surface area contributed by atoms with Crippen molar-refractivity contribution in [1.82, 2.24) is 19.5 Å². The van der Waals surface area contributed by atoms with Crippen LogP contribution in [0.15, 0.2) is 46.6 Å². The average Bonchev–Trinajstić information content (AvgIpc) is 3.29. The summed E-state index contributed by atoms with van der Waals surface area (Å²) in [4.78, 5) is 25.1. The van der Waals surface area contributed by atoms with Gasteiger partial charge in [0.2, 0.25) is 5.91 Å². The van der Waals surface area contributed by atoms with Crippen LogP contribution in [0.3, 0.4) is 0 Å². The van der Waals surface area contributed by atoms with Crippen molar-refractivity contribution in [3.8, 4) is 5.75 Å². The van der Waals surface area contributed by atoms with Crippen molar-refractivity contribution in [2.45, 2.75) is 26.8 Å². The van der Waals surface area contributed by atoms with Gasteiger partial charge in [0, 0.05) is 6.54 Å². The molecule has 0 aliphatic rings. The monoisotopic (exact) mass is 410 g/mol. The minimum absolute atomic E-state index is 0.0989. The molecule has 0 fully saturated rings. The van der Waals surface area contributed by atoms with E-state index >= 15 is 0 Å². The highest BCUT2D eigenvalue weighted by molar-refractivity contribution is 7.17. The molecule has 0 saturated heterocycles. The van der Waals surface area contributed by atoms with Gasteiger partial charge in [0.25, 0.3) is 5.56 Å². The van der Waals surface area contributed by atoms with Gasteiger partial charge >= 0.3 is 0 Å². The normalized spacial score (nSPS) is 11.2. The lowest BCUT2D eigenvalue weighted by Gasteiger charge is -2.09. The zero-order valence-electron chi connectivity index (χ0n) is 16.3. The summed E-state index contributed by atoms with van der Waals surface area (Å²) in [6, 6.07) is 11.6. The van der Waals surface area contributed by atoms with Gasteiger partial charge in [0.15, 0.2) is 0 Å². The second kappa shape index (κ2) is 8.08. The predicted octanol–water partition coefficient (Wildman–Crippen LogP) is 2.78. The SMILES string of the molecule is CCOc1ccc(CCNC(=O)Cn2nc(C)n3c(cc4sccc43)c2=O)cc1. The average molecular weight is 410 g/mol. The van der Waals surface area contributed by atoms with Crippen LogP contribution in [0.5, 0.6) is 5.75 Å². The molecule has 1 N–H and O–H groups in total. The number of hydrogen-bond donors (Lipinski definition) is 1. The summed E-state index contributed by atoms with van der Waals surface area (Å²) in [5, 5.41) is 9.18. The van der Waals surface area contributed by atoms with Gasteiger partial charge in [-0.1, -0.05) is 12.1 Å². The minimum Gasteiger partial charge on any atom is -0.494 e. The molecule has 0 atom stereocenters. The zero-order chi connectivity index (χ0) is 20.4. The quantitative estimate of drug-likeness (QED) is 0.508. The van der Waals surface area contributed by atoms with E-state index in [1.165, 1.54) is 4.68 Å². The third kappa shape index (κ3) is 3.88. The lowest BCUT2D eigenvalue weighted by atomic mass is 10.1. The van der Waals surface area contributed by atoms with Crippen LogP contribution in [0.4, 0.5) is 0 Å². The molecular formula is C21H22N4O3S. The van der Waals surface area contributed by atoms with E-state index in [0.29, 0.717) is 30.9 Å². The first kappa shape index (κ1) is 19.2. The Labute approximate surface area is 171 Å². The Morgan fingerprint density at radius 1 is 1.21 bits per heavy atom. The molecule has 4 rings (SSSR count). The fraction of sp³-hybridized carbons (Fsp3) is 0.286. The number of nitrogens with zero attached hydrogens (tertiary/aromatic N) is 3. The van der Waals surface area contributed by atoms with Crippen LogP contribution >= 0.6 is 11.3 Å². The Balaban J connectivity index is 1.41. The van der Waals surface area contributed by atoms with Gasteiger partial charge in [-0.3, -0.25) is 14.0 Å². The van der Waals surface area contributed by atoms with Gasteiger partial charge in [-0.2, -0.15) is 5.10 Å². The second-order valence-corrected chi connectivity index (χ2v) is 7.67. The summed E-state index contributed by atoms with van der Waals surface area (Å²) < 4.78 is 9.54. The van der Waals surface area contributed by atoms with Gasteiger partial charge < -0.3 is 10.1 Å².